The Morgan fingerprint density at radius 1 is 0.925 bits per heavy atom. The van der Waals surface area contributed by atoms with E-state index in [1.54, 1.807) is 23.9 Å². The average molecular weight is 579 g/mol. The van der Waals surface area contributed by atoms with Crippen LogP contribution in [0.15, 0.2) is 59.9 Å². The fraction of sp³-hybridized carbons (Fsp3) is 0.320. The number of sulfonamides is 1. The Kier molecular flexibility index (Phi) is 7.42. The molecule has 1 saturated heterocycles. The van der Waals surface area contributed by atoms with Crippen LogP contribution in [-0.2, 0) is 10.0 Å². The normalized spacial score (nSPS) is 15.2. The van der Waals surface area contributed by atoms with Gasteiger partial charge in [0.15, 0.2) is 11.5 Å². The van der Waals surface area contributed by atoms with Crippen LogP contribution in [-0.4, -0.2) is 79.1 Å². The second kappa shape index (κ2) is 10.8. The van der Waals surface area contributed by atoms with Crippen LogP contribution in [0.2, 0.25) is 0 Å². The number of halogens is 3. The van der Waals surface area contributed by atoms with Gasteiger partial charge in [0.2, 0.25) is 10.0 Å². The van der Waals surface area contributed by atoms with Crippen molar-refractivity contribution >= 4 is 21.6 Å². The number of anilines is 1. The molecule has 0 unspecified atom stereocenters. The summed E-state index contributed by atoms with van der Waals surface area (Å²) in [5.41, 5.74) is 1.49. The van der Waals surface area contributed by atoms with Gasteiger partial charge in [0.25, 0.3) is 5.78 Å². The van der Waals surface area contributed by atoms with Crippen molar-refractivity contribution in [2.24, 2.45) is 0 Å². The van der Waals surface area contributed by atoms with E-state index in [2.05, 4.69) is 19.8 Å². The Bertz CT molecular complexity index is 1630. The monoisotopic (exact) mass is 578 g/mol. The van der Waals surface area contributed by atoms with Crippen molar-refractivity contribution in [3.8, 4) is 28.4 Å². The van der Waals surface area contributed by atoms with Crippen LogP contribution >= 0.6 is 0 Å². The minimum absolute atomic E-state index is 0.0799. The van der Waals surface area contributed by atoms with Crippen LogP contribution in [0.25, 0.3) is 16.9 Å². The van der Waals surface area contributed by atoms with Gasteiger partial charge in [0, 0.05) is 44.0 Å². The van der Waals surface area contributed by atoms with E-state index in [9.17, 15) is 21.6 Å². The molecule has 2 aromatic heterocycles. The highest BCUT2D eigenvalue weighted by Crippen LogP contribution is 2.37. The van der Waals surface area contributed by atoms with Gasteiger partial charge in [-0.2, -0.15) is 18.9 Å². The van der Waals surface area contributed by atoms with Gasteiger partial charge in [-0.1, -0.05) is 12.1 Å². The third-order valence-electron chi connectivity index (χ3n) is 6.41. The van der Waals surface area contributed by atoms with Gasteiger partial charge < -0.3 is 19.1 Å². The number of methoxy groups -OCH3 is 2. The van der Waals surface area contributed by atoms with Crippen LogP contribution < -0.4 is 19.1 Å². The van der Waals surface area contributed by atoms with E-state index in [-0.39, 0.29) is 24.5 Å². The first-order valence-corrected chi connectivity index (χ1v) is 13.6. The predicted molar refractivity (Wildman–Crippen MR) is 138 cm³/mol. The van der Waals surface area contributed by atoms with E-state index < -0.39 is 22.1 Å². The van der Waals surface area contributed by atoms with Crippen LogP contribution in [0.4, 0.5) is 19.0 Å². The molecule has 0 radical (unpaired) electrons. The number of hydrogen-bond donors (Lipinski definition) is 0. The zero-order valence-corrected chi connectivity index (χ0v) is 22.3. The second-order valence-electron chi connectivity index (χ2n) is 8.80. The third kappa shape index (κ3) is 5.47. The maximum absolute atomic E-state index is 13.4. The summed E-state index contributed by atoms with van der Waals surface area (Å²) in [5.74, 6) is 1.51. The quantitative estimate of drug-likeness (QED) is 0.325. The van der Waals surface area contributed by atoms with Gasteiger partial charge in [-0.3, -0.25) is 0 Å². The molecule has 3 heterocycles. The number of nitrogens with zero attached hydrogens (tertiary/aromatic N) is 6. The zero-order valence-electron chi connectivity index (χ0n) is 21.5. The summed E-state index contributed by atoms with van der Waals surface area (Å²) >= 11 is 0. The number of ether oxygens (including phenoxy) is 3. The Morgan fingerprint density at radius 2 is 1.73 bits per heavy atom. The van der Waals surface area contributed by atoms with Crippen LogP contribution in [0.5, 0.6) is 17.2 Å². The Hall–Kier alpha value is -4.11. The molecule has 212 valence electrons. The minimum atomic E-state index is -4.94. The lowest BCUT2D eigenvalue weighted by atomic mass is 10.1. The van der Waals surface area contributed by atoms with Crippen LogP contribution in [0, 0.1) is 0 Å². The highest BCUT2D eigenvalue weighted by molar-refractivity contribution is 7.89. The summed E-state index contributed by atoms with van der Waals surface area (Å²) < 4.78 is 82.4. The number of rotatable bonds is 7. The first-order valence-electron chi connectivity index (χ1n) is 12.1. The summed E-state index contributed by atoms with van der Waals surface area (Å²) in [6, 6.07) is 9.84. The topological polar surface area (TPSA) is 111 Å². The highest BCUT2D eigenvalue weighted by Gasteiger charge is 2.33. The van der Waals surface area contributed by atoms with E-state index in [1.807, 2.05) is 17.0 Å². The minimum Gasteiger partial charge on any atom is -0.493 e. The lowest BCUT2D eigenvalue weighted by molar-refractivity contribution is -0.274. The molecule has 0 saturated carbocycles. The Balaban J connectivity index is 1.46. The fourth-order valence-corrected chi connectivity index (χ4v) is 6.11. The number of fused-ring (bicyclic) bond motifs is 1. The van der Waals surface area contributed by atoms with Gasteiger partial charge >= 0.3 is 6.36 Å². The molecule has 1 aliphatic rings. The molecule has 0 atom stereocenters. The fourth-order valence-electron chi connectivity index (χ4n) is 4.61. The molecule has 0 N–H and O–H groups in total. The second-order valence-corrected chi connectivity index (χ2v) is 10.7. The molecule has 2 aromatic carbocycles. The van der Waals surface area contributed by atoms with E-state index in [0.29, 0.717) is 41.6 Å². The molecule has 1 aliphatic heterocycles. The van der Waals surface area contributed by atoms with Crippen LogP contribution in [0.3, 0.4) is 0 Å². The zero-order chi connectivity index (χ0) is 28.5. The predicted octanol–water partition coefficient (Wildman–Crippen LogP) is 3.61. The van der Waals surface area contributed by atoms with Crippen molar-refractivity contribution in [2.45, 2.75) is 17.7 Å². The number of benzene rings is 2. The summed E-state index contributed by atoms with van der Waals surface area (Å²) in [6.07, 6.45) is -1.43. The lowest BCUT2D eigenvalue weighted by Crippen LogP contribution is -2.36. The van der Waals surface area contributed by atoms with Crippen molar-refractivity contribution in [3.05, 3.63) is 55.0 Å². The number of hydrogen-bond acceptors (Lipinski definition) is 9. The molecule has 0 aliphatic carbocycles. The summed E-state index contributed by atoms with van der Waals surface area (Å²) in [7, 11) is -1.02. The molecule has 0 bridgehead atoms. The molecule has 1 fully saturated rings. The van der Waals surface area contributed by atoms with Crippen molar-refractivity contribution in [3.63, 3.8) is 0 Å². The maximum Gasteiger partial charge on any atom is 0.573 e. The highest BCUT2D eigenvalue weighted by atomic mass is 32.2. The number of aromatic nitrogens is 4. The smallest absolute Gasteiger partial charge is 0.493 e. The van der Waals surface area contributed by atoms with Crippen molar-refractivity contribution in [1.82, 2.24) is 23.9 Å². The maximum atomic E-state index is 13.4. The van der Waals surface area contributed by atoms with Gasteiger partial charge in [-0.25, -0.2) is 13.4 Å². The Labute approximate surface area is 227 Å². The molecule has 40 heavy (non-hydrogen) atoms. The number of alkyl halides is 3. The van der Waals surface area contributed by atoms with E-state index in [0.717, 1.165) is 17.7 Å². The van der Waals surface area contributed by atoms with Crippen LogP contribution in [0.1, 0.15) is 6.42 Å². The molecule has 4 aromatic rings. The molecule has 11 nitrogen and oxygen atoms in total. The van der Waals surface area contributed by atoms with Gasteiger partial charge in [0.05, 0.1) is 19.1 Å². The van der Waals surface area contributed by atoms with E-state index in [1.165, 1.54) is 29.9 Å². The van der Waals surface area contributed by atoms with Crippen molar-refractivity contribution in [2.75, 3.05) is 45.3 Å². The van der Waals surface area contributed by atoms with Crippen molar-refractivity contribution < 1.29 is 35.8 Å². The molecule has 0 amide bonds. The van der Waals surface area contributed by atoms with Gasteiger partial charge in [-0.15, -0.1) is 13.2 Å². The molecular weight excluding hydrogens is 553 g/mol. The molecule has 5 rings (SSSR count). The summed E-state index contributed by atoms with van der Waals surface area (Å²) in [6.45, 7) is 0.997. The third-order valence-corrected chi connectivity index (χ3v) is 8.30. The van der Waals surface area contributed by atoms with Gasteiger partial charge in [-0.05, 0) is 36.2 Å². The molecule has 15 heteroatoms. The molecule has 0 spiro atoms. The van der Waals surface area contributed by atoms with Crippen molar-refractivity contribution in [1.29, 1.82) is 0 Å². The standard InChI is InChI=1S/C25H25F3N6O5S/c1-37-21-8-7-17(13-22(21)38-2)20-15-29-24-30-16-31-34(24)23(20)32-9-4-10-33(12-11-32)40(35,36)19-6-3-5-18(14-19)39-25(26,27)28/h3,5-8,13-16H,4,9-12H2,1-2H3. The summed E-state index contributed by atoms with van der Waals surface area (Å²) in [4.78, 5) is 10.3. The lowest BCUT2D eigenvalue weighted by Gasteiger charge is -2.26. The van der Waals surface area contributed by atoms with Gasteiger partial charge in [0.1, 0.15) is 17.9 Å². The van der Waals surface area contributed by atoms with E-state index >= 15 is 0 Å². The molecular formula is C25H25F3N6O5S. The SMILES string of the molecule is COc1ccc(-c2cnc3ncnn3c2N2CCCN(S(=O)(=O)c3cccc(OC(F)(F)F)c3)CC2)cc1OC. The average Bonchev–Trinajstić information content (AvgIpc) is 3.27. The first kappa shape index (κ1) is 27.5. The van der Waals surface area contributed by atoms with E-state index in [4.69, 9.17) is 9.47 Å². The Morgan fingerprint density at radius 3 is 2.48 bits per heavy atom. The first-order chi connectivity index (χ1) is 19.1. The summed E-state index contributed by atoms with van der Waals surface area (Å²) in [5, 5.41) is 4.35. The largest absolute Gasteiger partial charge is 0.573 e.